The number of benzene rings is 1. The van der Waals surface area contributed by atoms with Crippen molar-refractivity contribution in [3.8, 4) is 0 Å². The Morgan fingerprint density at radius 3 is 2.57 bits per heavy atom. The summed E-state index contributed by atoms with van der Waals surface area (Å²) in [5, 5.41) is 8.90. The number of rotatable bonds is 3. The van der Waals surface area contributed by atoms with Gasteiger partial charge in [0.25, 0.3) is 0 Å². The van der Waals surface area contributed by atoms with Crippen molar-refractivity contribution >= 4 is 5.97 Å². The number of carbonyl (C=O) groups excluding carboxylic acids is 1. The maximum atomic E-state index is 10.9. The molecule has 1 aromatic rings. The lowest BCUT2D eigenvalue weighted by Gasteiger charge is -2.33. The first kappa shape index (κ1) is 9.21. The molecule has 0 radical (unpaired) electrons. The highest BCUT2D eigenvalue weighted by atomic mass is 16.6. The van der Waals surface area contributed by atoms with Crippen molar-refractivity contribution in [2.45, 2.75) is 12.5 Å². The Morgan fingerprint density at radius 2 is 2.00 bits per heavy atom. The van der Waals surface area contributed by atoms with Crippen molar-refractivity contribution in [1.29, 1.82) is 0 Å². The molecule has 1 saturated heterocycles. The molecule has 2 atom stereocenters. The highest BCUT2D eigenvalue weighted by molar-refractivity contribution is 5.78. The van der Waals surface area contributed by atoms with Crippen molar-refractivity contribution in [3.63, 3.8) is 0 Å². The third kappa shape index (κ3) is 1.63. The number of carbonyl (C=O) groups is 1. The van der Waals surface area contributed by atoms with Gasteiger partial charge in [-0.2, -0.15) is 0 Å². The topological polar surface area (TPSA) is 46.5 Å². The molecule has 0 saturated carbocycles. The number of esters is 1. The Bertz CT molecular complexity index is 321. The van der Waals surface area contributed by atoms with Crippen molar-refractivity contribution in [2.24, 2.45) is 5.92 Å². The summed E-state index contributed by atoms with van der Waals surface area (Å²) in [5.74, 6) is -0.608. The number of aliphatic hydroxyl groups is 1. The van der Waals surface area contributed by atoms with Crippen LogP contribution in [0, 0.1) is 5.92 Å². The summed E-state index contributed by atoms with van der Waals surface area (Å²) in [6.45, 7) is -0.115. The maximum absolute atomic E-state index is 10.9. The van der Waals surface area contributed by atoms with Gasteiger partial charge >= 0.3 is 5.97 Å². The summed E-state index contributed by atoms with van der Waals surface area (Å²) in [6.07, 6.45) is 0.549. The van der Waals surface area contributed by atoms with Gasteiger partial charge in [-0.25, -0.2) is 0 Å². The molecule has 0 bridgehead atoms. The fraction of sp³-hybridized carbons (Fsp3) is 0.364. The standard InChI is InChI=1S/C11H12O3/c12-7-9-10(14-11(9)13)6-8-4-2-1-3-5-8/h1-5,9-10,12H,6-7H2/t9-,10-/m0/s1. The second-order valence-electron chi connectivity index (χ2n) is 3.45. The number of cyclic esters (lactones) is 1. The number of aliphatic hydroxyl groups excluding tert-OH is 1. The van der Waals surface area contributed by atoms with E-state index in [0.29, 0.717) is 6.42 Å². The fourth-order valence-electron chi connectivity index (χ4n) is 1.62. The molecule has 1 N–H and O–H groups in total. The lowest BCUT2D eigenvalue weighted by molar-refractivity contribution is -0.187. The molecule has 3 heteroatoms. The average Bonchev–Trinajstić information content (AvgIpc) is 2.19. The van der Waals surface area contributed by atoms with E-state index >= 15 is 0 Å². The molecule has 3 nitrogen and oxygen atoms in total. The molecule has 0 aliphatic carbocycles. The predicted molar refractivity (Wildman–Crippen MR) is 50.6 cm³/mol. The van der Waals surface area contributed by atoms with E-state index in [2.05, 4.69) is 0 Å². The van der Waals surface area contributed by atoms with Crippen molar-refractivity contribution in [1.82, 2.24) is 0 Å². The van der Waals surface area contributed by atoms with Gasteiger partial charge in [-0.1, -0.05) is 30.3 Å². The molecule has 0 unspecified atom stereocenters. The molecule has 1 aliphatic rings. The van der Waals surface area contributed by atoms with Crippen LogP contribution in [0.25, 0.3) is 0 Å². The van der Waals surface area contributed by atoms with Crippen LogP contribution in [0.3, 0.4) is 0 Å². The van der Waals surface area contributed by atoms with Crippen LogP contribution in [0.4, 0.5) is 0 Å². The molecule has 14 heavy (non-hydrogen) atoms. The zero-order valence-corrected chi connectivity index (χ0v) is 7.72. The Hall–Kier alpha value is -1.35. The molecular weight excluding hydrogens is 180 g/mol. The first-order valence-corrected chi connectivity index (χ1v) is 4.66. The van der Waals surface area contributed by atoms with Gasteiger partial charge < -0.3 is 9.84 Å². The zero-order valence-electron chi connectivity index (χ0n) is 7.72. The van der Waals surface area contributed by atoms with Gasteiger partial charge in [-0.05, 0) is 5.56 Å². The van der Waals surface area contributed by atoms with Gasteiger partial charge in [-0.15, -0.1) is 0 Å². The largest absolute Gasteiger partial charge is 0.461 e. The van der Waals surface area contributed by atoms with Crippen LogP contribution in [0.2, 0.25) is 0 Å². The average molecular weight is 192 g/mol. The van der Waals surface area contributed by atoms with Crippen molar-refractivity contribution < 1.29 is 14.6 Å². The fourth-order valence-corrected chi connectivity index (χ4v) is 1.62. The minimum absolute atomic E-state index is 0.115. The van der Waals surface area contributed by atoms with Crippen LogP contribution in [-0.2, 0) is 16.0 Å². The summed E-state index contributed by atoms with van der Waals surface area (Å²) in [6, 6.07) is 9.81. The van der Waals surface area contributed by atoms with E-state index in [9.17, 15) is 4.79 Å². The van der Waals surface area contributed by atoms with Crippen LogP contribution in [-0.4, -0.2) is 23.8 Å². The molecule has 74 valence electrons. The number of ether oxygens (including phenoxy) is 1. The molecule has 1 aromatic carbocycles. The molecule has 0 aromatic heterocycles. The van der Waals surface area contributed by atoms with Crippen LogP contribution in [0.5, 0.6) is 0 Å². The quantitative estimate of drug-likeness (QED) is 0.719. The van der Waals surface area contributed by atoms with Crippen LogP contribution in [0.15, 0.2) is 30.3 Å². The summed E-state index contributed by atoms with van der Waals surface area (Å²) >= 11 is 0. The number of hydrogen-bond acceptors (Lipinski definition) is 3. The maximum Gasteiger partial charge on any atom is 0.315 e. The van der Waals surface area contributed by atoms with E-state index < -0.39 is 0 Å². The Balaban J connectivity index is 1.97. The molecular formula is C11H12O3. The Labute approximate surface area is 82.3 Å². The van der Waals surface area contributed by atoms with E-state index in [0.717, 1.165) is 5.56 Å². The minimum atomic E-state index is -0.324. The third-order valence-corrected chi connectivity index (χ3v) is 2.50. The summed E-state index contributed by atoms with van der Waals surface area (Å²) in [7, 11) is 0. The minimum Gasteiger partial charge on any atom is -0.461 e. The Kier molecular flexibility index (Phi) is 2.50. The molecule has 0 amide bonds. The number of hydrogen-bond donors (Lipinski definition) is 1. The third-order valence-electron chi connectivity index (χ3n) is 2.50. The van der Waals surface area contributed by atoms with Crippen molar-refractivity contribution in [3.05, 3.63) is 35.9 Å². The Morgan fingerprint density at radius 1 is 1.29 bits per heavy atom. The van der Waals surface area contributed by atoms with E-state index in [1.54, 1.807) is 0 Å². The highest BCUT2D eigenvalue weighted by Crippen LogP contribution is 2.24. The van der Waals surface area contributed by atoms with Crippen molar-refractivity contribution in [2.75, 3.05) is 6.61 Å². The van der Waals surface area contributed by atoms with Gasteiger partial charge in [0.1, 0.15) is 12.0 Å². The van der Waals surface area contributed by atoms with E-state index in [4.69, 9.17) is 9.84 Å². The first-order valence-electron chi connectivity index (χ1n) is 4.66. The molecule has 2 rings (SSSR count). The molecule has 1 heterocycles. The lowest BCUT2D eigenvalue weighted by Crippen LogP contribution is -2.48. The van der Waals surface area contributed by atoms with E-state index in [1.807, 2.05) is 30.3 Å². The summed E-state index contributed by atoms with van der Waals surface area (Å²) in [4.78, 5) is 10.9. The van der Waals surface area contributed by atoms with Gasteiger partial charge in [0.15, 0.2) is 0 Å². The predicted octanol–water partition coefficient (Wildman–Crippen LogP) is 0.763. The second-order valence-corrected chi connectivity index (χ2v) is 3.45. The van der Waals surface area contributed by atoms with Gasteiger partial charge in [0.05, 0.1) is 6.61 Å². The summed E-state index contributed by atoms with van der Waals surface area (Å²) < 4.78 is 4.95. The van der Waals surface area contributed by atoms with Gasteiger partial charge in [0, 0.05) is 6.42 Å². The summed E-state index contributed by atoms with van der Waals surface area (Å²) in [5.41, 5.74) is 1.13. The monoisotopic (exact) mass is 192 g/mol. The smallest absolute Gasteiger partial charge is 0.315 e. The zero-order chi connectivity index (χ0) is 9.97. The van der Waals surface area contributed by atoms with Gasteiger partial charge in [0.2, 0.25) is 0 Å². The van der Waals surface area contributed by atoms with Crippen LogP contribution >= 0.6 is 0 Å². The van der Waals surface area contributed by atoms with Crippen LogP contribution < -0.4 is 0 Å². The molecule has 1 fully saturated rings. The molecule has 1 aliphatic heterocycles. The van der Waals surface area contributed by atoms with Gasteiger partial charge in [-0.3, -0.25) is 4.79 Å². The van der Waals surface area contributed by atoms with Crippen LogP contribution in [0.1, 0.15) is 5.56 Å². The molecule has 0 spiro atoms. The van der Waals surface area contributed by atoms with E-state index in [1.165, 1.54) is 0 Å². The second kappa shape index (κ2) is 3.80. The first-order chi connectivity index (χ1) is 6.81. The normalized spacial score (nSPS) is 25.4. The van der Waals surface area contributed by atoms with E-state index in [-0.39, 0.29) is 24.6 Å². The highest BCUT2D eigenvalue weighted by Gasteiger charge is 2.41. The SMILES string of the molecule is O=C1O[C@@H](Cc2ccccc2)[C@@H]1CO. The lowest BCUT2D eigenvalue weighted by atomic mass is 9.92.